The van der Waals surface area contributed by atoms with E-state index >= 15 is 0 Å². The molecule has 1 aromatic rings. The highest BCUT2D eigenvalue weighted by molar-refractivity contribution is 5.98. The van der Waals surface area contributed by atoms with Crippen LogP contribution in [0, 0.1) is 16.0 Å². The number of carbonyl (C=O) groups excluding carboxylic acids is 1. The van der Waals surface area contributed by atoms with Crippen molar-refractivity contribution in [3.8, 4) is 5.75 Å². The second-order valence-electron chi connectivity index (χ2n) is 4.83. The summed E-state index contributed by atoms with van der Waals surface area (Å²) in [6.07, 6.45) is 0.212. The van der Waals surface area contributed by atoms with Gasteiger partial charge in [-0.15, -0.1) is 0 Å². The maximum Gasteiger partial charge on any atom is 0.296 e. The predicted molar refractivity (Wildman–Crippen MR) is 78.7 cm³/mol. The number of azide groups is 1. The molecule has 0 bridgehead atoms. The summed E-state index contributed by atoms with van der Waals surface area (Å²) in [4.78, 5) is 26.8. The number of carbonyl (C=O) groups is 1. The van der Waals surface area contributed by atoms with Gasteiger partial charge in [0.15, 0.2) is 0 Å². The number of amides is 1. The summed E-state index contributed by atoms with van der Waals surface area (Å²) in [5.41, 5.74) is 8.39. The van der Waals surface area contributed by atoms with Gasteiger partial charge in [-0.2, -0.15) is 0 Å². The molecule has 1 aliphatic heterocycles. The van der Waals surface area contributed by atoms with E-state index in [9.17, 15) is 14.9 Å². The van der Waals surface area contributed by atoms with E-state index in [-0.39, 0.29) is 36.2 Å². The first kappa shape index (κ1) is 15.6. The lowest BCUT2D eigenvalue weighted by atomic mass is 10.1. The van der Waals surface area contributed by atoms with Crippen molar-refractivity contribution in [1.29, 1.82) is 0 Å². The Morgan fingerprint density at radius 1 is 1.59 bits per heavy atom. The molecule has 1 fully saturated rings. The van der Waals surface area contributed by atoms with Gasteiger partial charge in [-0.3, -0.25) is 14.9 Å². The van der Waals surface area contributed by atoms with Crippen molar-refractivity contribution < 1.29 is 14.5 Å². The van der Waals surface area contributed by atoms with E-state index in [0.717, 1.165) is 0 Å². The zero-order chi connectivity index (χ0) is 16.1. The number of nitro benzene ring substituents is 1. The molecule has 0 spiro atoms. The van der Waals surface area contributed by atoms with Crippen molar-refractivity contribution in [1.82, 2.24) is 0 Å². The van der Waals surface area contributed by atoms with Crippen LogP contribution in [0.5, 0.6) is 5.75 Å². The molecule has 1 saturated heterocycles. The first-order valence-electron chi connectivity index (χ1n) is 6.79. The monoisotopic (exact) mass is 305 g/mol. The van der Waals surface area contributed by atoms with E-state index in [0.29, 0.717) is 18.9 Å². The van der Waals surface area contributed by atoms with Crippen LogP contribution in [-0.2, 0) is 4.79 Å². The summed E-state index contributed by atoms with van der Waals surface area (Å²) in [5.74, 6) is 0.0372. The van der Waals surface area contributed by atoms with Gasteiger partial charge in [-0.05, 0) is 30.5 Å². The van der Waals surface area contributed by atoms with Crippen LogP contribution in [0.2, 0.25) is 0 Å². The lowest BCUT2D eigenvalue weighted by Crippen LogP contribution is -2.25. The molecule has 1 atom stereocenters. The zero-order valence-corrected chi connectivity index (χ0v) is 12.0. The fourth-order valence-electron chi connectivity index (χ4n) is 2.42. The Morgan fingerprint density at radius 3 is 3.00 bits per heavy atom. The summed E-state index contributed by atoms with van der Waals surface area (Å²) in [6, 6.07) is 4.42. The lowest BCUT2D eigenvalue weighted by molar-refractivity contribution is -0.384. The average Bonchev–Trinajstić information content (AvgIpc) is 2.86. The molecule has 1 unspecified atom stereocenters. The minimum Gasteiger partial charge on any atom is -0.494 e. The van der Waals surface area contributed by atoms with Gasteiger partial charge in [0.2, 0.25) is 5.91 Å². The van der Waals surface area contributed by atoms with Crippen LogP contribution in [0.3, 0.4) is 0 Å². The fourth-order valence-corrected chi connectivity index (χ4v) is 2.42. The molecule has 2 rings (SSSR count). The maximum atomic E-state index is 12.1. The van der Waals surface area contributed by atoms with Crippen LogP contribution in [0.4, 0.5) is 11.4 Å². The summed E-state index contributed by atoms with van der Waals surface area (Å²) in [5, 5.41) is 14.7. The van der Waals surface area contributed by atoms with E-state index in [1.54, 1.807) is 13.0 Å². The molecule has 116 valence electrons. The number of anilines is 1. The van der Waals surface area contributed by atoms with Crippen LogP contribution in [0.1, 0.15) is 13.3 Å². The second-order valence-corrected chi connectivity index (χ2v) is 4.83. The number of hydrogen-bond donors (Lipinski definition) is 0. The Bertz CT molecular complexity index is 641. The molecule has 22 heavy (non-hydrogen) atoms. The van der Waals surface area contributed by atoms with Gasteiger partial charge in [0, 0.05) is 24.4 Å². The third-order valence-electron chi connectivity index (χ3n) is 3.35. The van der Waals surface area contributed by atoms with Crippen molar-refractivity contribution in [3.05, 3.63) is 38.8 Å². The minimum absolute atomic E-state index is 0.130. The average molecular weight is 305 g/mol. The van der Waals surface area contributed by atoms with Crippen molar-refractivity contribution in [3.63, 3.8) is 0 Å². The fraction of sp³-hybridized carbons (Fsp3) is 0.462. The largest absolute Gasteiger partial charge is 0.494 e. The van der Waals surface area contributed by atoms with E-state index in [2.05, 4.69) is 10.0 Å². The van der Waals surface area contributed by atoms with Gasteiger partial charge in [0.05, 0.1) is 17.6 Å². The molecule has 1 amide bonds. The molecular formula is C13H15N5O4. The quantitative estimate of drug-likeness (QED) is 0.263. The number of nitro groups is 1. The summed E-state index contributed by atoms with van der Waals surface area (Å²) < 4.78 is 5.25. The third kappa shape index (κ3) is 3.26. The SMILES string of the molecule is CCOc1ccc(N2CC(CN=[N+]=[N-])CC2=O)c([N+](=O)[O-])c1. The van der Waals surface area contributed by atoms with E-state index in [4.69, 9.17) is 10.3 Å². The van der Waals surface area contributed by atoms with Crippen molar-refractivity contribution in [2.45, 2.75) is 13.3 Å². The van der Waals surface area contributed by atoms with Gasteiger partial charge in [-0.25, -0.2) is 0 Å². The standard InChI is InChI=1S/C13H15N5O4/c1-2-22-10-3-4-11(12(6-10)18(20)21)17-8-9(5-13(17)19)7-15-16-14/h3-4,6,9H,2,5,7-8H2,1H3. The highest BCUT2D eigenvalue weighted by atomic mass is 16.6. The van der Waals surface area contributed by atoms with Gasteiger partial charge >= 0.3 is 0 Å². The van der Waals surface area contributed by atoms with Gasteiger partial charge in [0.25, 0.3) is 5.69 Å². The second kappa shape index (κ2) is 6.77. The number of ether oxygens (including phenoxy) is 1. The first-order chi connectivity index (χ1) is 10.6. The topological polar surface area (TPSA) is 121 Å². The Hall–Kier alpha value is -2.80. The predicted octanol–water partition coefficient (Wildman–Crippen LogP) is 2.66. The van der Waals surface area contributed by atoms with Crippen LogP contribution < -0.4 is 9.64 Å². The maximum absolute atomic E-state index is 12.1. The molecule has 9 nitrogen and oxygen atoms in total. The number of rotatable bonds is 6. The molecular weight excluding hydrogens is 290 g/mol. The van der Waals surface area contributed by atoms with E-state index in [1.807, 2.05) is 0 Å². The third-order valence-corrected chi connectivity index (χ3v) is 3.35. The normalized spacial score (nSPS) is 17.2. The van der Waals surface area contributed by atoms with Crippen LogP contribution in [-0.4, -0.2) is 30.5 Å². The number of benzene rings is 1. The lowest BCUT2D eigenvalue weighted by Gasteiger charge is -2.17. The zero-order valence-electron chi connectivity index (χ0n) is 12.0. The molecule has 1 aromatic carbocycles. The van der Waals surface area contributed by atoms with Crippen LogP contribution >= 0.6 is 0 Å². The smallest absolute Gasteiger partial charge is 0.296 e. The summed E-state index contributed by atoms with van der Waals surface area (Å²) in [6.45, 7) is 2.67. The van der Waals surface area contributed by atoms with Crippen LogP contribution in [0.15, 0.2) is 23.3 Å². The van der Waals surface area contributed by atoms with Gasteiger partial charge in [0.1, 0.15) is 11.4 Å². The molecule has 1 heterocycles. The van der Waals surface area contributed by atoms with Crippen molar-refractivity contribution >= 4 is 17.3 Å². The van der Waals surface area contributed by atoms with Crippen molar-refractivity contribution in [2.75, 3.05) is 24.6 Å². The molecule has 0 radical (unpaired) electrons. The molecule has 0 aliphatic carbocycles. The molecule has 0 saturated carbocycles. The molecule has 1 aliphatic rings. The number of hydrogen-bond acceptors (Lipinski definition) is 5. The van der Waals surface area contributed by atoms with Gasteiger partial charge in [-0.1, -0.05) is 5.11 Å². The minimum atomic E-state index is -0.536. The Balaban J connectivity index is 2.29. The van der Waals surface area contributed by atoms with Crippen LogP contribution in [0.25, 0.3) is 10.4 Å². The Kier molecular flexibility index (Phi) is 4.80. The van der Waals surface area contributed by atoms with E-state index in [1.165, 1.54) is 17.0 Å². The molecule has 9 heteroatoms. The summed E-state index contributed by atoms with van der Waals surface area (Å²) >= 11 is 0. The Labute approximate surface area is 126 Å². The van der Waals surface area contributed by atoms with E-state index < -0.39 is 4.92 Å². The molecule has 0 aromatic heterocycles. The molecule has 0 N–H and O–H groups in total. The summed E-state index contributed by atoms with van der Waals surface area (Å²) in [7, 11) is 0. The van der Waals surface area contributed by atoms with Crippen molar-refractivity contribution in [2.24, 2.45) is 11.0 Å². The Morgan fingerprint density at radius 2 is 2.36 bits per heavy atom. The first-order valence-corrected chi connectivity index (χ1v) is 6.79. The highest BCUT2D eigenvalue weighted by Gasteiger charge is 2.34. The van der Waals surface area contributed by atoms with Gasteiger partial charge < -0.3 is 9.64 Å². The number of nitrogens with zero attached hydrogens (tertiary/aromatic N) is 5. The highest BCUT2D eigenvalue weighted by Crippen LogP contribution is 2.35.